The van der Waals surface area contributed by atoms with E-state index in [0.717, 1.165) is 4.90 Å². The molecule has 1 amide bonds. The van der Waals surface area contributed by atoms with Crippen LogP contribution in [0.1, 0.15) is 6.42 Å². The molecule has 0 radical (unpaired) electrons. The largest absolute Gasteiger partial charge is 0.481 e. The molecule has 1 N–H and O–H groups in total. The van der Waals surface area contributed by atoms with E-state index in [1.54, 1.807) is 0 Å². The van der Waals surface area contributed by atoms with Crippen molar-refractivity contribution in [1.82, 2.24) is 4.90 Å². The van der Waals surface area contributed by atoms with E-state index < -0.39 is 54.2 Å². The molecule has 5 atom stereocenters. The molecule has 2 saturated carbocycles. The number of fused-ring (bicyclic) bond motifs is 2. The Labute approximate surface area is 119 Å². The highest BCUT2D eigenvalue weighted by Gasteiger charge is 2.80. The van der Waals surface area contributed by atoms with Gasteiger partial charge in [-0.3, -0.25) is 9.69 Å². The first kappa shape index (κ1) is 13.8. The van der Waals surface area contributed by atoms with Crippen LogP contribution < -0.4 is 0 Å². The van der Waals surface area contributed by atoms with Gasteiger partial charge in [-0.2, -0.15) is 0 Å². The third-order valence-corrected chi connectivity index (χ3v) is 4.56. The van der Waals surface area contributed by atoms with Gasteiger partial charge in [-0.1, -0.05) is 12.7 Å². The normalized spacial score (nSPS) is 39.9. The number of hydrogen-bond acceptors (Lipinski definition) is 5. The maximum atomic E-state index is 14.4. The Bertz CT molecular complexity index is 537. The molecule has 21 heavy (non-hydrogen) atoms. The van der Waals surface area contributed by atoms with E-state index in [2.05, 4.69) is 6.58 Å². The lowest BCUT2D eigenvalue weighted by Gasteiger charge is -2.33. The fraction of sp³-hybridized carbons (Fsp3) is 0.615. The Morgan fingerprint density at radius 2 is 2.33 bits per heavy atom. The van der Waals surface area contributed by atoms with Gasteiger partial charge in [0.05, 0.1) is 5.92 Å². The number of ether oxygens (including phenoxy) is 2. The smallest absolute Gasteiger partial charge is 0.413 e. The molecule has 1 saturated heterocycles. The molecule has 0 unspecified atom stereocenters. The third-order valence-electron chi connectivity index (χ3n) is 4.56. The van der Waals surface area contributed by atoms with E-state index in [0.29, 0.717) is 0 Å². The number of carbonyl (C=O) groups is 3. The highest BCUT2D eigenvalue weighted by atomic mass is 19.1. The predicted molar refractivity (Wildman–Crippen MR) is 64.7 cm³/mol. The molecule has 2 aliphatic carbocycles. The van der Waals surface area contributed by atoms with Gasteiger partial charge in [-0.15, -0.1) is 0 Å². The average Bonchev–Trinajstić information content (AvgIpc) is 2.93. The molecule has 0 aromatic rings. The minimum absolute atomic E-state index is 0.0675. The van der Waals surface area contributed by atoms with Gasteiger partial charge < -0.3 is 14.6 Å². The zero-order chi connectivity index (χ0) is 15.4. The van der Waals surface area contributed by atoms with Crippen LogP contribution in [0.3, 0.4) is 0 Å². The molecule has 0 aromatic heterocycles. The summed E-state index contributed by atoms with van der Waals surface area (Å²) in [6.45, 7) is 2.87. The molecule has 1 spiro atoms. The van der Waals surface area contributed by atoms with Crippen LogP contribution in [0.5, 0.6) is 0 Å². The van der Waals surface area contributed by atoms with Crippen LogP contribution in [0.4, 0.5) is 9.18 Å². The van der Waals surface area contributed by atoms with Crippen molar-refractivity contribution in [2.24, 2.45) is 17.8 Å². The number of aliphatic carboxylic acids is 1. The van der Waals surface area contributed by atoms with E-state index in [4.69, 9.17) is 14.6 Å². The molecular formula is C13H14FNO6. The zero-order valence-electron chi connectivity index (χ0n) is 11.0. The first-order valence-corrected chi connectivity index (χ1v) is 6.55. The van der Waals surface area contributed by atoms with Gasteiger partial charge >= 0.3 is 18.0 Å². The number of cyclic esters (lactones) is 1. The Balaban J connectivity index is 1.92. The number of carboxylic acids is 1. The molecule has 7 nitrogen and oxygen atoms in total. The Morgan fingerprint density at radius 3 is 2.95 bits per heavy atom. The third kappa shape index (κ3) is 1.61. The topological polar surface area (TPSA) is 93.1 Å². The molecule has 1 aliphatic heterocycles. The Hall–Kier alpha value is -2.12. The Morgan fingerprint density at radius 1 is 1.62 bits per heavy atom. The molecule has 114 valence electrons. The highest BCUT2D eigenvalue weighted by Crippen LogP contribution is 2.66. The lowest BCUT2D eigenvalue weighted by molar-refractivity contribution is -0.147. The van der Waals surface area contributed by atoms with Gasteiger partial charge in [0, 0.05) is 5.92 Å². The van der Waals surface area contributed by atoms with E-state index in [-0.39, 0.29) is 13.0 Å². The standard InChI is InChI=1S/C13H14FNO6/c1-2-3-20-12(19)15-5-21-11(18)13(15)7(14)4-6-8(9(6)13)10(16)17/h2,6-9H,1,3-5H2,(H,16,17)/t6-,7-,8-,9-,13-/m0/s1. The number of esters is 1. The summed E-state index contributed by atoms with van der Waals surface area (Å²) in [5, 5.41) is 9.12. The van der Waals surface area contributed by atoms with Crippen LogP contribution in [0.15, 0.2) is 12.7 Å². The minimum Gasteiger partial charge on any atom is -0.481 e. The number of halogens is 1. The number of amides is 1. The summed E-state index contributed by atoms with van der Waals surface area (Å²) in [5.41, 5.74) is -1.86. The molecule has 3 rings (SSSR count). The van der Waals surface area contributed by atoms with Crippen molar-refractivity contribution in [2.75, 3.05) is 13.3 Å². The second kappa shape index (κ2) is 4.44. The summed E-state index contributed by atoms with van der Waals surface area (Å²) in [6.07, 6.45) is -1.28. The maximum Gasteiger partial charge on any atom is 0.413 e. The van der Waals surface area contributed by atoms with Crippen molar-refractivity contribution < 1.29 is 33.4 Å². The number of carbonyl (C=O) groups excluding carboxylic acids is 2. The van der Waals surface area contributed by atoms with Crippen molar-refractivity contribution in [3.8, 4) is 0 Å². The summed E-state index contributed by atoms with van der Waals surface area (Å²) in [5.74, 6) is -4.00. The highest BCUT2D eigenvalue weighted by molar-refractivity contribution is 5.92. The molecule has 1 heterocycles. The number of rotatable bonds is 3. The zero-order valence-corrected chi connectivity index (χ0v) is 11.0. The van der Waals surface area contributed by atoms with E-state index in [9.17, 15) is 18.8 Å². The summed E-state index contributed by atoms with van der Waals surface area (Å²) in [7, 11) is 0. The molecule has 3 aliphatic rings. The van der Waals surface area contributed by atoms with Crippen LogP contribution in [0, 0.1) is 17.8 Å². The van der Waals surface area contributed by atoms with Gasteiger partial charge in [-0.25, -0.2) is 14.0 Å². The fourth-order valence-electron chi connectivity index (χ4n) is 3.71. The number of hydrogen-bond donors (Lipinski definition) is 1. The van der Waals surface area contributed by atoms with E-state index in [1.807, 2.05) is 0 Å². The average molecular weight is 299 g/mol. The van der Waals surface area contributed by atoms with Crippen molar-refractivity contribution >= 4 is 18.0 Å². The SMILES string of the molecule is C=CCOC(=O)N1COC(=O)[C@]12[C@H]1[C@@H](C[C@@H]2F)[C@@H]1C(=O)O. The second-order valence-electron chi connectivity index (χ2n) is 5.44. The van der Waals surface area contributed by atoms with Crippen LogP contribution in [0.25, 0.3) is 0 Å². The summed E-state index contributed by atoms with van der Waals surface area (Å²) < 4.78 is 24.1. The quantitative estimate of drug-likeness (QED) is 0.604. The van der Waals surface area contributed by atoms with Crippen molar-refractivity contribution in [1.29, 1.82) is 0 Å². The second-order valence-corrected chi connectivity index (χ2v) is 5.44. The predicted octanol–water partition coefficient (Wildman–Crippen LogP) is 0.553. The van der Waals surface area contributed by atoms with Gasteiger partial charge in [0.1, 0.15) is 12.8 Å². The van der Waals surface area contributed by atoms with E-state index >= 15 is 0 Å². The monoisotopic (exact) mass is 299 g/mol. The molecule has 3 fully saturated rings. The van der Waals surface area contributed by atoms with Gasteiger partial charge in [0.25, 0.3) is 0 Å². The van der Waals surface area contributed by atoms with Crippen molar-refractivity contribution in [3.63, 3.8) is 0 Å². The first-order valence-electron chi connectivity index (χ1n) is 6.55. The van der Waals surface area contributed by atoms with Crippen LogP contribution in [-0.2, 0) is 19.1 Å². The molecule has 8 heteroatoms. The van der Waals surface area contributed by atoms with Gasteiger partial charge in [-0.05, 0) is 12.3 Å². The van der Waals surface area contributed by atoms with Crippen LogP contribution in [0.2, 0.25) is 0 Å². The molecule has 0 aromatic carbocycles. The maximum absolute atomic E-state index is 14.4. The van der Waals surface area contributed by atoms with Crippen molar-refractivity contribution in [2.45, 2.75) is 18.1 Å². The number of nitrogens with zero attached hydrogens (tertiary/aromatic N) is 1. The lowest BCUT2D eigenvalue weighted by atomic mass is 9.88. The van der Waals surface area contributed by atoms with Crippen molar-refractivity contribution in [3.05, 3.63) is 12.7 Å². The molecule has 0 bridgehead atoms. The Kier molecular flexibility index (Phi) is 2.93. The van der Waals surface area contributed by atoms with Gasteiger partial charge in [0.2, 0.25) is 0 Å². The van der Waals surface area contributed by atoms with Gasteiger partial charge in [0.15, 0.2) is 12.3 Å². The van der Waals surface area contributed by atoms with Crippen LogP contribution >= 0.6 is 0 Å². The fourth-order valence-corrected chi connectivity index (χ4v) is 3.71. The van der Waals surface area contributed by atoms with E-state index in [1.165, 1.54) is 6.08 Å². The number of alkyl halides is 1. The summed E-state index contributed by atoms with van der Waals surface area (Å²) in [6, 6.07) is 0. The first-order chi connectivity index (χ1) is 9.96. The van der Waals surface area contributed by atoms with Crippen LogP contribution in [-0.4, -0.2) is 53.1 Å². The molecular weight excluding hydrogens is 285 g/mol. The summed E-state index contributed by atoms with van der Waals surface area (Å²) in [4.78, 5) is 36.1. The summed E-state index contributed by atoms with van der Waals surface area (Å²) >= 11 is 0. The number of carboxylic acid groups (broad SMARTS) is 1. The lowest BCUT2D eigenvalue weighted by Crippen LogP contribution is -2.58. The minimum atomic E-state index is -1.86.